The van der Waals surface area contributed by atoms with Crippen molar-refractivity contribution >= 4 is 23.2 Å². The average Bonchev–Trinajstić information content (AvgIpc) is 2.79. The number of hydrogen-bond acceptors (Lipinski definition) is 4. The zero-order chi connectivity index (χ0) is 14.4. The van der Waals surface area contributed by atoms with Crippen LogP contribution in [0.15, 0.2) is 17.5 Å². The van der Waals surface area contributed by atoms with Gasteiger partial charge < -0.3 is 14.9 Å². The zero-order valence-corrected chi connectivity index (χ0v) is 12.3. The molecule has 0 aliphatic carbocycles. The highest BCUT2D eigenvalue weighted by Gasteiger charge is 2.19. The van der Waals surface area contributed by atoms with Gasteiger partial charge in [0.05, 0.1) is 12.8 Å². The molecule has 1 amide bonds. The molecule has 0 spiro atoms. The number of carbonyl (C=O) groups is 2. The molecule has 0 bridgehead atoms. The Kier molecular flexibility index (Phi) is 5.55. The van der Waals surface area contributed by atoms with Gasteiger partial charge in [0.1, 0.15) is 0 Å². The highest BCUT2D eigenvalue weighted by atomic mass is 32.1. The predicted molar refractivity (Wildman–Crippen MR) is 77.9 cm³/mol. The van der Waals surface area contributed by atoms with E-state index in [9.17, 15) is 9.59 Å². The Morgan fingerprint density at radius 1 is 1.25 bits per heavy atom. The van der Waals surface area contributed by atoms with E-state index in [1.54, 1.807) is 11.3 Å². The fourth-order valence-electron chi connectivity index (χ4n) is 2.37. The third-order valence-electron chi connectivity index (χ3n) is 3.49. The third kappa shape index (κ3) is 4.61. The van der Waals surface area contributed by atoms with Crippen molar-refractivity contribution in [3.8, 4) is 0 Å². The first-order valence-corrected chi connectivity index (χ1v) is 7.77. The van der Waals surface area contributed by atoms with Crippen molar-refractivity contribution in [2.45, 2.75) is 19.3 Å². The van der Waals surface area contributed by atoms with Crippen LogP contribution < -0.4 is 0 Å². The predicted octanol–water partition coefficient (Wildman–Crippen LogP) is 1.30. The second kappa shape index (κ2) is 7.40. The molecule has 2 rings (SSSR count). The molecule has 0 unspecified atom stereocenters. The van der Waals surface area contributed by atoms with E-state index in [0.717, 1.165) is 30.9 Å². The first-order chi connectivity index (χ1) is 9.65. The summed E-state index contributed by atoms with van der Waals surface area (Å²) in [5, 5.41) is 10.7. The fourth-order valence-corrected chi connectivity index (χ4v) is 3.07. The summed E-state index contributed by atoms with van der Waals surface area (Å²) in [5.74, 6) is -0.590. The maximum absolute atomic E-state index is 12.2. The van der Waals surface area contributed by atoms with Gasteiger partial charge in [0.2, 0.25) is 5.91 Å². The monoisotopic (exact) mass is 296 g/mol. The summed E-state index contributed by atoms with van der Waals surface area (Å²) < 4.78 is 0. The van der Waals surface area contributed by atoms with E-state index < -0.39 is 5.97 Å². The largest absolute Gasteiger partial charge is 0.481 e. The number of nitrogens with zero attached hydrogens (tertiary/aromatic N) is 2. The normalized spacial score (nSPS) is 16.9. The molecule has 1 saturated heterocycles. The van der Waals surface area contributed by atoms with Gasteiger partial charge in [-0.05, 0) is 24.4 Å². The molecule has 20 heavy (non-hydrogen) atoms. The molecule has 1 aliphatic rings. The quantitative estimate of drug-likeness (QED) is 0.889. The summed E-state index contributed by atoms with van der Waals surface area (Å²) in [5.41, 5.74) is 0. The van der Waals surface area contributed by atoms with Gasteiger partial charge in [0.25, 0.3) is 0 Å². The summed E-state index contributed by atoms with van der Waals surface area (Å²) in [6, 6.07) is 3.95. The van der Waals surface area contributed by atoms with Crippen LogP contribution in [0.25, 0.3) is 0 Å². The molecule has 2 heterocycles. The molecule has 1 aromatic heterocycles. The number of thiophene rings is 1. The van der Waals surface area contributed by atoms with Crippen LogP contribution in [0.4, 0.5) is 0 Å². The van der Waals surface area contributed by atoms with Crippen LogP contribution in [-0.2, 0) is 16.0 Å². The number of amides is 1. The lowest BCUT2D eigenvalue weighted by atomic mass is 10.3. The number of aliphatic carboxylic acids is 1. The van der Waals surface area contributed by atoms with Gasteiger partial charge >= 0.3 is 5.97 Å². The van der Waals surface area contributed by atoms with Crippen LogP contribution in [0.1, 0.15) is 17.7 Å². The minimum absolute atomic E-state index is 0.170. The smallest absolute Gasteiger partial charge is 0.304 e. The molecule has 110 valence electrons. The Bertz CT molecular complexity index is 447. The first kappa shape index (κ1) is 15.0. The van der Waals surface area contributed by atoms with Crippen LogP contribution in [0, 0.1) is 0 Å². The Morgan fingerprint density at radius 3 is 2.80 bits per heavy atom. The fraction of sp³-hybridized carbons (Fsp3) is 0.571. The lowest BCUT2D eigenvalue weighted by molar-refractivity contribution is -0.137. The van der Waals surface area contributed by atoms with Gasteiger partial charge in [-0.25, -0.2) is 0 Å². The highest BCUT2D eigenvalue weighted by Crippen LogP contribution is 2.12. The summed E-state index contributed by atoms with van der Waals surface area (Å²) in [4.78, 5) is 27.9. The average molecular weight is 296 g/mol. The third-order valence-corrected chi connectivity index (χ3v) is 4.37. The molecule has 0 radical (unpaired) electrons. The van der Waals surface area contributed by atoms with E-state index in [-0.39, 0.29) is 12.3 Å². The summed E-state index contributed by atoms with van der Waals surface area (Å²) in [6.45, 7) is 3.68. The van der Waals surface area contributed by atoms with Crippen LogP contribution in [-0.4, -0.2) is 59.5 Å². The van der Waals surface area contributed by atoms with Crippen molar-refractivity contribution in [3.63, 3.8) is 0 Å². The molecule has 0 atom stereocenters. The van der Waals surface area contributed by atoms with Gasteiger partial charge in [0.15, 0.2) is 0 Å². The molecule has 1 aromatic rings. The maximum Gasteiger partial charge on any atom is 0.304 e. The van der Waals surface area contributed by atoms with Crippen molar-refractivity contribution < 1.29 is 14.7 Å². The van der Waals surface area contributed by atoms with Crippen molar-refractivity contribution in [2.24, 2.45) is 0 Å². The summed E-state index contributed by atoms with van der Waals surface area (Å²) in [7, 11) is 0. The van der Waals surface area contributed by atoms with E-state index in [1.165, 1.54) is 0 Å². The SMILES string of the molecule is O=C(O)CCN1CCCN(C(=O)Cc2cccs2)CC1. The lowest BCUT2D eigenvalue weighted by Gasteiger charge is -2.21. The minimum Gasteiger partial charge on any atom is -0.481 e. The molecular formula is C14H20N2O3S. The summed E-state index contributed by atoms with van der Waals surface area (Å²) >= 11 is 1.61. The van der Waals surface area contributed by atoms with E-state index in [1.807, 2.05) is 22.4 Å². The topological polar surface area (TPSA) is 60.9 Å². The van der Waals surface area contributed by atoms with Crippen LogP contribution in [0.5, 0.6) is 0 Å². The maximum atomic E-state index is 12.2. The summed E-state index contributed by atoms with van der Waals surface area (Å²) in [6.07, 6.45) is 1.56. The van der Waals surface area contributed by atoms with E-state index >= 15 is 0 Å². The van der Waals surface area contributed by atoms with Gasteiger partial charge in [-0.15, -0.1) is 11.3 Å². The number of carboxylic acids is 1. The number of rotatable bonds is 5. The molecule has 5 nitrogen and oxygen atoms in total. The standard InChI is InChI=1S/C14H20N2O3S/c17-13(11-12-3-1-10-20-12)16-6-2-5-15(8-9-16)7-4-14(18)19/h1,3,10H,2,4-9,11H2,(H,18,19). The second-order valence-electron chi connectivity index (χ2n) is 4.98. The molecular weight excluding hydrogens is 276 g/mol. The molecule has 6 heteroatoms. The van der Waals surface area contributed by atoms with E-state index in [0.29, 0.717) is 19.5 Å². The molecule has 1 aliphatic heterocycles. The molecule has 0 saturated carbocycles. The van der Waals surface area contributed by atoms with Crippen molar-refractivity contribution in [1.29, 1.82) is 0 Å². The van der Waals surface area contributed by atoms with Crippen molar-refractivity contribution in [2.75, 3.05) is 32.7 Å². The van der Waals surface area contributed by atoms with Gasteiger partial charge in [-0.1, -0.05) is 6.07 Å². The Morgan fingerprint density at radius 2 is 2.10 bits per heavy atom. The highest BCUT2D eigenvalue weighted by molar-refractivity contribution is 7.10. The Hall–Kier alpha value is -1.40. The number of carboxylic acid groups (broad SMARTS) is 1. The Balaban J connectivity index is 1.79. The first-order valence-electron chi connectivity index (χ1n) is 6.89. The Labute approximate surface area is 122 Å². The van der Waals surface area contributed by atoms with E-state index in [4.69, 9.17) is 5.11 Å². The van der Waals surface area contributed by atoms with Crippen LogP contribution in [0.3, 0.4) is 0 Å². The van der Waals surface area contributed by atoms with Crippen LogP contribution >= 0.6 is 11.3 Å². The molecule has 1 N–H and O–H groups in total. The van der Waals surface area contributed by atoms with Crippen molar-refractivity contribution in [1.82, 2.24) is 9.80 Å². The van der Waals surface area contributed by atoms with Gasteiger partial charge in [-0.2, -0.15) is 0 Å². The van der Waals surface area contributed by atoms with Gasteiger partial charge in [0, 0.05) is 31.1 Å². The van der Waals surface area contributed by atoms with E-state index in [2.05, 4.69) is 4.90 Å². The number of carbonyl (C=O) groups excluding carboxylic acids is 1. The zero-order valence-electron chi connectivity index (χ0n) is 11.5. The second-order valence-corrected chi connectivity index (χ2v) is 6.01. The number of hydrogen-bond donors (Lipinski definition) is 1. The van der Waals surface area contributed by atoms with Crippen molar-refractivity contribution in [3.05, 3.63) is 22.4 Å². The lowest BCUT2D eigenvalue weighted by Crippen LogP contribution is -2.36. The van der Waals surface area contributed by atoms with Gasteiger partial charge in [-0.3, -0.25) is 9.59 Å². The molecule has 1 fully saturated rings. The molecule has 0 aromatic carbocycles. The minimum atomic E-state index is -0.764. The van der Waals surface area contributed by atoms with Crippen LogP contribution in [0.2, 0.25) is 0 Å².